The number of aromatic nitrogens is 1. The van der Waals surface area contributed by atoms with Crippen LogP contribution in [0.5, 0.6) is 0 Å². The Hall–Kier alpha value is -1.82. The van der Waals surface area contributed by atoms with Crippen molar-refractivity contribution in [2.45, 2.75) is 13.8 Å². The summed E-state index contributed by atoms with van der Waals surface area (Å²) in [4.78, 5) is 6.25. The lowest BCUT2D eigenvalue weighted by Crippen LogP contribution is -2.30. The van der Waals surface area contributed by atoms with Crippen molar-refractivity contribution in [2.75, 3.05) is 24.6 Å². The molecule has 94 valence electrons. The Morgan fingerprint density at radius 2 is 2.24 bits per heavy atom. The average molecular weight is 238 g/mol. The minimum absolute atomic E-state index is 0.0175. The largest absolute Gasteiger partial charge is 0.409 e. The number of aliphatic hydroxyl groups excluding tert-OH is 1. The quantitative estimate of drug-likeness (QED) is 0.297. The zero-order valence-electron chi connectivity index (χ0n) is 10.1. The number of aliphatic hydroxyl groups is 1. The molecule has 0 saturated carbocycles. The van der Waals surface area contributed by atoms with Crippen molar-refractivity contribution in [3.8, 4) is 0 Å². The van der Waals surface area contributed by atoms with Gasteiger partial charge in [-0.05, 0) is 26.0 Å². The van der Waals surface area contributed by atoms with Crippen molar-refractivity contribution in [1.82, 2.24) is 4.98 Å². The van der Waals surface area contributed by atoms with Crippen LogP contribution >= 0.6 is 0 Å². The number of hydrogen-bond donors (Lipinski definition) is 3. The number of pyridine rings is 1. The third-order valence-electron chi connectivity index (χ3n) is 2.45. The molecule has 0 aliphatic heterocycles. The molecule has 1 aromatic heterocycles. The van der Waals surface area contributed by atoms with Crippen LogP contribution in [0.1, 0.15) is 18.2 Å². The molecule has 4 N–H and O–H groups in total. The van der Waals surface area contributed by atoms with E-state index in [2.05, 4.69) is 10.1 Å². The number of hydrogen-bond acceptors (Lipinski definition) is 5. The fourth-order valence-corrected chi connectivity index (χ4v) is 1.57. The summed E-state index contributed by atoms with van der Waals surface area (Å²) in [7, 11) is 0. The van der Waals surface area contributed by atoms with Crippen LogP contribution in [0.4, 0.5) is 5.82 Å². The second-order valence-electron chi connectivity index (χ2n) is 3.61. The maximum atomic E-state index is 9.00. The van der Waals surface area contributed by atoms with E-state index < -0.39 is 0 Å². The average Bonchev–Trinajstić information content (AvgIpc) is 2.35. The maximum absolute atomic E-state index is 9.00. The van der Waals surface area contributed by atoms with Gasteiger partial charge in [0.2, 0.25) is 0 Å². The Kier molecular flexibility index (Phi) is 4.71. The van der Waals surface area contributed by atoms with E-state index in [0.29, 0.717) is 24.5 Å². The van der Waals surface area contributed by atoms with Crippen LogP contribution in [0.25, 0.3) is 0 Å². The first-order valence-corrected chi connectivity index (χ1v) is 5.45. The standard InChI is InChI=1S/C11H18N4O2/c1-3-15(6-7-16)11-9(10(12)14-17)5-4-8(2)13-11/h4-5,16-17H,3,6-7H2,1-2H3,(H2,12,14). The molecule has 6 heteroatoms. The zero-order valence-corrected chi connectivity index (χ0v) is 10.1. The Morgan fingerprint density at radius 1 is 1.53 bits per heavy atom. The number of aryl methyl sites for hydroxylation is 1. The lowest BCUT2D eigenvalue weighted by molar-refractivity contribution is 0.302. The number of anilines is 1. The van der Waals surface area contributed by atoms with E-state index in [1.165, 1.54) is 0 Å². The van der Waals surface area contributed by atoms with Crippen molar-refractivity contribution in [3.05, 3.63) is 23.4 Å². The van der Waals surface area contributed by atoms with Gasteiger partial charge in [-0.15, -0.1) is 0 Å². The summed E-state index contributed by atoms with van der Waals surface area (Å²) < 4.78 is 0. The second-order valence-corrected chi connectivity index (χ2v) is 3.61. The molecule has 0 unspecified atom stereocenters. The third kappa shape index (κ3) is 3.07. The highest BCUT2D eigenvalue weighted by atomic mass is 16.4. The first-order valence-electron chi connectivity index (χ1n) is 5.45. The topological polar surface area (TPSA) is 95.0 Å². The summed E-state index contributed by atoms with van der Waals surface area (Å²) >= 11 is 0. The summed E-state index contributed by atoms with van der Waals surface area (Å²) in [6.07, 6.45) is 0. The van der Waals surface area contributed by atoms with Gasteiger partial charge in [-0.3, -0.25) is 0 Å². The van der Waals surface area contributed by atoms with Crippen LogP contribution < -0.4 is 10.6 Å². The molecule has 0 spiro atoms. The number of amidine groups is 1. The number of likely N-dealkylation sites (N-methyl/N-ethyl adjacent to an activating group) is 1. The molecule has 6 nitrogen and oxygen atoms in total. The molecule has 17 heavy (non-hydrogen) atoms. The van der Waals surface area contributed by atoms with Gasteiger partial charge >= 0.3 is 0 Å². The third-order valence-corrected chi connectivity index (χ3v) is 2.45. The fraction of sp³-hybridized carbons (Fsp3) is 0.455. The summed E-state index contributed by atoms with van der Waals surface area (Å²) in [6, 6.07) is 3.55. The van der Waals surface area contributed by atoms with Crippen LogP contribution in [0.2, 0.25) is 0 Å². The van der Waals surface area contributed by atoms with Gasteiger partial charge in [0, 0.05) is 18.8 Å². The van der Waals surface area contributed by atoms with Crippen molar-refractivity contribution in [1.29, 1.82) is 0 Å². The highest BCUT2D eigenvalue weighted by molar-refractivity contribution is 6.01. The van der Waals surface area contributed by atoms with E-state index in [0.717, 1.165) is 5.69 Å². The summed E-state index contributed by atoms with van der Waals surface area (Å²) in [5.41, 5.74) is 7.01. The van der Waals surface area contributed by atoms with Crippen molar-refractivity contribution >= 4 is 11.7 Å². The predicted octanol–water partition coefficient (Wildman–Crippen LogP) is 0.303. The smallest absolute Gasteiger partial charge is 0.173 e. The SMILES string of the molecule is CCN(CCO)c1nc(C)ccc1C(N)=NO. The summed E-state index contributed by atoms with van der Waals surface area (Å²) in [6.45, 7) is 4.99. The number of nitrogens with two attached hydrogens (primary N) is 1. The van der Waals surface area contributed by atoms with Gasteiger partial charge in [0.25, 0.3) is 0 Å². The second kappa shape index (κ2) is 6.05. The van der Waals surface area contributed by atoms with Crippen molar-refractivity contribution in [2.24, 2.45) is 10.9 Å². The molecule has 1 heterocycles. The highest BCUT2D eigenvalue weighted by Gasteiger charge is 2.14. The first kappa shape index (κ1) is 13.2. The Bertz CT molecular complexity index is 406. The summed E-state index contributed by atoms with van der Waals surface area (Å²) in [5.74, 6) is 0.640. The van der Waals surface area contributed by atoms with Gasteiger partial charge in [-0.1, -0.05) is 5.16 Å². The molecule has 0 amide bonds. The minimum atomic E-state index is 0.0175. The first-order chi connectivity index (χ1) is 8.13. The molecule has 0 fully saturated rings. The molecular weight excluding hydrogens is 220 g/mol. The van der Waals surface area contributed by atoms with E-state index in [1.807, 2.05) is 18.7 Å². The van der Waals surface area contributed by atoms with E-state index in [4.69, 9.17) is 16.0 Å². The Labute approximate surface area is 100 Å². The molecule has 0 radical (unpaired) electrons. The van der Waals surface area contributed by atoms with Gasteiger partial charge in [-0.25, -0.2) is 4.98 Å². The lowest BCUT2D eigenvalue weighted by atomic mass is 10.2. The minimum Gasteiger partial charge on any atom is -0.409 e. The van der Waals surface area contributed by atoms with Crippen LogP contribution in [0.15, 0.2) is 17.3 Å². The van der Waals surface area contributed by atoms with Gasteiger partial charge < -0.3 is 20.9 Å². The van der Waals surface area contributed by atoms with Crippen LogP contribution in [-0.4, -0.2) is 40.8 Å². The van der Waals surface area contributed by atoms with Crippen LogP contribution in [0.3, 0.4) is 0 Å². The van der Waals surface area contributed by atoms with Gasteiger partial charge in [-0.2, -0.15) is 0 Å². The zero-order chi connectivity index (χ0) is 12.8. The van der Waals surface area contributed by atoms with E-state index >= 15 is 0 Å². The summed E-state index contributed by atoms with van der Waals surface area (Å²) in [5, 5.41) is 20.7. The molecule has 1 rings (SSSR count). The number of nitrogens with zero attached hydrogens (tertiary/aromatic N) is 3. The van der Waals surface area contributed by atoms with Gasteiger partial charge in [0.1, 0.15) is 5.82 Å². The molecule has 0 atom stereocenters. The molecule has 1 aromatic rings. The van der Waals surface area contributed by atoms with Crippen LogP contribution in [0, 0.1) is 6.92 Å². The molecule has 0 aliphatic carbocycles. The number of oxime groups is 1. The lowest BCUT2D eigenvalue weighted by Gasteiger charge is -2.23. The molecule has 0 aromatic carbocycles. The number of rotatable bonds is 5. The molecule has 0 bridgehead atoms. The van der Waals surface area contributed by atoms with E-state index in [9.17, 15) is 0 Å². The van der Waals surface area contributed by atoms with Crippen molar-refractivity contribution < 1.29 is 10.3 Å². The van der Waals surface area contributed by atoms with Crippen LogP contribution in [-0.2, 0) is 0 Å². The monoisotopic (exact) mass is 238 g/mol. The van der Waals surface area contributed by atoms with E-state index in [-0.39, 0.29) is 12.4 Å². The Balaban J connectivity index is 3.22. The normalized spacial score (nSPS) is 11.6. The van der Waals surface area contributed by atoms with Crippen molar-refractivity contribution in [3.63, 3.8) is 0 Å². The van der Waals surface area contributed by atoms with Gasteiger partial charge in [0.05, 0.1) is 12.2 Å². The van der Waals surface area contributed by atoms with Gasteiger partial charge in [0.15, 0.2) is 5.84 Å². The maximum Gasteiger partial charge on any atom is 0.173 e. The highest BCUT2D eigenvalue weighted by Crippen LogP contribution is 2.18. The molecule has 0 saturated heterocycles. The van der Waals surface area contributed by atoms with E-state index in [1.54, 1.807) is 12.1 Å². The molecule has 0 aliphatic rings. The Morgan fingerprint density at radius 3 is 2.76 bits per heavy atom. The fourth-order valence-electron chi connectivity index (χ4n) is 1.57. The predicted molar refractivity (Wildman–Crippen MR) is 66.5 cm³/mol. The molecular formula is C11H18N4O2.